The number of nitrogens with one attached hydrogen (secondary N) is 1. The van der Waals surface area contributed by atoms with E-state index >= 15 is 4.39 Å². The molecule has 3 amide bonds. The number of esters is 1. The van der Waals surface area contributed by atoms with Crippen molar-refractivity contribution < 1.29 is 37.8 Å². The second-order valence-corrected chi connectivity index (χ2v) is 8.59. The highest BCUT2D eigenvalue weighted by atomic mass is 19.1. The third-order valence-electron chi connectivity index (χ3n) is 5.86. The van der Waals surface area contributed by atoms with Crippen LogP contribution in [0.1, 0.15) is 18.2 Å². The van der Waals surface area contributed by atoms with Gasteiger partial charge in [-0.1, -0.05) is 0 Å². The largest absolute Gasteiger partial charge is 0.442 e. The number of amides is 3. The highest BCUT2D eigenvalue weighted by Crippen LogP contribution is 2.32. The monoisotopic (exact) mass is 518 g/mol. The van der Waals surface area contributed by atoms with Crippen LogP contribution >= 0.6 is 0 Å². The average molecular weight is 519 g/mol. The first-order chi connectivity index (χ1) is 17.7. The van der Waals surface area contributed by atoms with E-state index < -0.39 is 42.8 Å². The number of hydrogen-bond acceptors (Lipinski definition) is 10. The number of imide groups is 1. The van der Waals surface area contributed by atoms with Gasteiger partial charge in [0.25, 0.3) is 0 Å². The van der Waals surface area contributed by atoms with Crippen LogP contribution in [0.2, 0.25) is 0 Å². The molecule has 1 atom stereocenters. The zero-order chi connectivity index (χ0) is 26.7. The van der Waals surface area contributed by atoms with E-state index in [1.807, 2.05) is 18.1 Å². The van der Waals surface area contributed by atoms with Crippen molar-refractivity contribution in [2.45, 2.75) is 26.1 Å². The van der Waals surface area contributed by atoms with Crippen LogP contribution in [-0.2, 0) is 43.9 Å². The number of fused-ring (bicyclic) bond motifs is 1. The maximum atomic E-state index is 15.0. The van der Waals surface area contributed by atoms with Crippen molar-refractivity contribution in [3.8, 4) is 0 Å². The predicted molar refractivity (Wildman–Crippen MR) is 126 cm³/mol. The lowest BCUT2D eigenvalue weighted by Gasteiger charge is -2.21. The van der Waals surface area contributed by atoms with E-state index in [0.717, 1.165) is 23.1 Å². The molecule has 1 N–H and O–H groups in total. The first-order valence-corrected chi connectivity index (χ1v) is 11.5. The first kappa shape index (κ1) is 25.9. The lowest BCUT2D eigenvalue weighted by Crippen LogP contribution is -2.42. The van der Waals surface area contributed by atoms with Crippen LogP contribution in [0, 0.1) is 5.82 Å². The summed E-state index contributed by atoms with van der Waals surface area (Å²) in [5, 5.41) is 6.95. The molecule has 1 aromatic carbocycles. The molecule has 3 heterocycles. The normalized spacial score (nSPS) is 16.4. The van der Waals surface area contributed by atoms with Crippen LogP contribution in [0.25, 0.3) is 0 Å². The maximum absolute atomic E-state index is 15.0. The molecule has 0 spiro atoms. The van der Waals surface area contributed by atoms with Crippen LogP contribution in [-0.4, -0.2) is 78.3 Å². The van der Waals surface area contributed by atoms with Gasteiger partial charge in [0.1, 0.15) is 11.9 Å². The topological polar surface area (TPSA) is 136 Å². The molecule has 0 unspecified atom stereocenters. The molecule has 2 aliphatic heterocycles. The van der Waals surface area contributed by atoms with Gasteiger partial charge in [-0.3, -0.25) is 19.2 Å². The Morgan fingerprint density at radius 2 is 2.05 bits per heavy atom. The lowest BCUT2D eigenvalue weighted by molar-refractivity contribution is -0.151. The Morgan fingerprint density at radius 3 is 2.73 bits per heavy atom. The summed E-state index contributed by atoms with van der Waals surface area (Å²) in [7, 11) is 3.38. The minimum Gasteiger partial charge on any atom is -0.442 e. The van der Waals surface area contributed by atoms with E-state index in [1.54, 1.807) is 23.9 Å². The molecule has 1 aromatic heterocycles. The van der Waals surface area contributed by atoms with Crippen LogP contribution in [0.3, 0.4) is 0 Å². The molecule has 2 aliphatic rings. The highest BCUT2D eigenvalue weighted by molar-refractivity contribution is 5.92. The quantitative estimate of drug-likeness (QED) is 0.400. The van der Waals surface area contributed by atoms with Crippen molar-refractivity contribution in [2.24, 2.45) is 7.05 Å². The van der Waals surface area contributed by atoms with Gasteiger partial charge in [-0.2, -0.15) is 5.10 Å². The second kappa shape index (κ2) is 10.8. The first-order valence-electron chi connectivity index (χ1n) is 11.5. The van der Waals surface area contributed by atoms with Crippen molar-refractivity contribution in [1.82, 2.24) is 20.0 Å². The van der Waals surface area contributed by atoms with E-state index in [4.69, 9.17) is 14.2 Å². The van der Waals surface area contributed by atoms with Gasteiger partial charge in [0, 0.05) is 32.3 Å². The number of carbonyl (C=O) groups is 4. The number of benzene rings is 1. The molecular weight excluding hydrogens is 491 g/mol. The standard InChI is InChI=1S/C23H27FN6O7/c1-14(31)29(22(33)36-13-35-21(32)7-25-2)10-17-11-30(23(34)37-17)16-4-5-20(18(24)6-16)28-9-15-8-27(3)26-19(15)12-28/h4-6,8,17,25H,7,9-13H2,1-3H3/t17-/m0/s1. The van der Waals surface area contributed by atoms with Crippen molar-refractivity contribution in [3.63, 3.8) is 0 Å². The predicted octanol–water partition coefficient (Wildman–Crippen LogP) is 1.11. The number of aromatic nitrogens is 2. The van der Waals surface area contributed by atoms with Gasteiger partial charge >= 0.3 is 18.2 Å². The van der Waals surface area contributed by atoms with E-state index in [1.165, 1.54) is 11.0 Å². The van der Waals surface area contributed by atoms with Gasteiger partial charge in [0.2, 0.25) is 12.7 Å². The number of likely N-dealkylation sites (N-methyl/N-ethyl adjacent to an activating group) is 1. The Hall–Kier alpha value is -4.20. The molecule has 1 saturated heterocycles. The third-order valence-corrected chi connectivity index (χ3v) is 5.86. The van der Waals surface area contributed by atoms with E-state index in [-0.39, 0.29) is 25.3 Å². The summed E-state index contributed by atoms with van der Waals surface area (Å²) in [4.78, 5) is 51.9. The summed E-state index contributed by atoms with van der Waals surface area (Å²) >= 11 is 0. The highest BCUT2D eigenvalue weighted by Gasteiger charge is 2.36. The molecular formula is C23H27FN6O7. The minimum atomic E-state index is -1.06. The van der Waals surface area contributed by atoms with Crippen LogP contribution in [0.15, 0.2) is 24.4 Å². The summed E-state index contributed by atoms with van der Waals surface area (Å²) in [5.74, 6) is -1.81. The summed E-state index contributed by atoms with van der Waals surface area (Å²) in [6, 6.07) is 4.44. The number of anilines is 2. The summed E-state index contributed by atoms with van der Waals surface area (Å²) in [6.07, 6.45) is -0.777. The number of nitrogens with zero attached hydrogens (tertiary/aromatic N) is 5. The Bertz CT molecular complexity index is 1190. The Balaban J connectivity index is 1.36. The minimum absolute atomic E-state index is 0.0222. The van der Waals surface area contributed by atoms with E-state index in [2.05, 4.69) is 10.4 Å². The van der Waals surface area contributed by atoms with Gasteiger partial charge in [-0.25, -0.2) is 18.9 Å². The summed E-state index contributed by atoms with van der Waals surface area (Å²) in [5.41, 5.74) is 2.58. The van der Waals surface area contributed by atoms with Crippen molar-refractivity contribution >= 4 is 35.4 Å². The number of aryl methyl sites for hydroxylation is 1. The third kappa shape index (κ3) is 5.80. The number of hydrogen-bond donors (Lipinski definition) is 1. The maximum Gasteiger partial charge on any atom is 0.419 e. The fourth-order valence-corrected chi connectivity index (χ4v) is 4.16. The molecule has 2 aromatic rings. The van der Waals surface area contributed by atoms with Crippen molar-refractivity contribution in [1.29, 1.82) is 0 Å². The fraction of sp³-hybridized carbons (Fsp3) is 0.435. The SMILES string of the molecule is CNCC(=O)OCOC(=O)N(C[C@H]1CN(c2ccc(N3Cc4cn(C)nc4C3)c(F)c2)C(=O)O1)C(C)=O. The lowest BCUT2D eigenvalue weighted by atomic mass is 10.2. The smallest absolute Gasteiger partial charge is 0.419 e. The number of carbonyl (C=O) groups excluding carboxylic acids is 4. The summed E-state index contributed by atoms with van der Waals surface area (Å²) < 4.78 is 31.6. The van der Waals surface area contributed by atoms with Crippen molar-refractivity contribution in [2.75, 3.05) is 43.3 Å². The molecule has 0 saturated carbocycles. The van der Waals surface area contributed by atoms with Crippen molar-refractivity contribution in [3.05, 3.63) is 41.5 Å². The Kier molecular flexibility index (Phi) is 7.57. The fourth-order valence-electron chi connectivity index (χ4n) is 4.16. The molecule has 0 bridgehead atoms. The molecule has 4 rings (SSSR count). The second-order valence-electron chi connectivity index (χ2n) is 8.59. The zero-order valence-corrected chi connectivity index (χ0v) is 20.6. The van der Waals surface area contributed by atoms with Crippen LogP contribution in [0.5, 0.6) is 0 Å². The molecule has 1 fully saturated rings. The zero-order valence-electron chi connectivity index (χ0n) is 20.6. The molecule has 0 aliphatic carbocycles. The van der Waals surface area contributed by atoms with Gasteiger partial charge in [0.05, 0.1) is 43.2 Å². The van der Waals surface area contributed by atoms with Gasteiger partial charge in [-0.15, -0.1) is 0 Å². The molecule has 13 nitrogen and oxygen atoms in total. The number of halogens is 1. The molecule has 0 radical (unpaired) electrons. The van der Waals surface area contributed by atoms with Crippen LogP contribution < -0.4 is 15.1 Å². The van der Waals surface area contributed by atoms with Gasteiger partial charge in [0.15, 0.2) is 0 Å². The van der Waals surface area contributed by atoms with E-state index in [9.17, 15) is 19.2 Å². The Morgan fingerprint density at radius 1 is 1.27 bits per heavy atom. The summed E-state index contributed by atoms with van der Waals surface area (Å²) in [6.45, 7) is 1.08. The molecule has 14 heteroatoms. The molecule has 198 valence electrons. The number of cyclic esters (lactones) is 1. The van der Waals surface area contributed by atoms with E-state index in [0.29, 0.717) is 18.8 Å². The molecule has 37 heavy (non-hydrogen) atoms. The average Bonchev–Trinajstić information content (AvgIpc) is 3.49. The van der Waals surface area contributed by atoms with Gasteiger partial charge in [-0.05, 0) is 25.2 Å². The number of ether oxygens (including phenoxy) is 3. The number of rotatable bonds is 8. The van der Waals surface area contributed by atoms with Gasteiger partial charge < -0.3 is 24.4 Å². The van der Waals surface area contributed by atoms with Crippen LogP contribution in [0.4, 0.5) is 25.4 Å². The Labute approximate surface area is 211 Å².